The van der Waals surface area contributed by atoms with E-state index >= 15 is 0 Å². The SMILES string of the molecule is Cc1ccccc1COCC(N)=O. The first kappa shape index (κ1) is 9.74. The predicted octanol–water partition coefficient (Wildman–Crippen LogP) is 0.997. The van der Waals surface area contributed by atoms with Crippen LogP contribution in [0.25, 0.3) is 0 Å². The molecule has 0 aliphatic heterocycles. The summed E-state index contributed by atoms with van der Waals surface area (Å²) in [6.07, 6.45) is 0. The van der Waals surface area contributed by atoms with Crippen molar-refractivity contribution in [2.45, 2.75) is 13.5 Å². The molecule has 0 unspecified atom stereocenters. The molecule has 70 valence electrons. The fraction of sp³-hybridized carbons (Fsp3) is 0.300. The van der Waals surface area contributed by atoms with Crippen molar-refractivity contribution >= 4 is 5.91 Å². The van der Waals surface area contributed by atoms with Gasteiger partial charge in [0.25, 0.3) is 0 Å². The van der Waals surface area contributed by atoms with Gasteiger partial charge in [-0.2, -0.15) is 0 Å². The molecular formula is C10H13NO2. The van der Waals surface area contributed by atoms with Gasteiger partial charge in [0.05, 0.1) is 6.61 Å². The summed E-state index contributed by atoms with van der Waals surface area (Å²) in [5.74, 6) is -0.436. The fourth-order valence-electron chi connectivity index (χ4n) is 1.03. The molecule has 0 saturated heterocycles. The normalized spacial score (nSPS) is 9.92. The van der Waals surface area contributed by atoms with Gasteiger partial charge in [-0.3, -0.25) is 4.79 Å². The number of carbonyl (C=O) groups excluding carboxylic acids is 1. The summed E-state index contributed by atoms with van der Waals surface area (Å²) in [5, 5.41) is 0. The van der Waals surface area contributed by atoms with Crippen LogP contribution in [0.1, 0.15) is 11.1 Å². The molecule has 0 aliphatic carbocycles. The van der Waals surface area contributed by atoms with Crippen molar-refractivity contribution in [3.8, 4) is 0 Å². The van der Waals surface area contributed by atoms with Crippen LogP contribution in [-0.2, 0) is 16.1 Å². The van der Waals surface area contributed by atoms with Gasteiger partial charge in [-0.15, -0.1) is 0 Å². The molecule has 0 fully saturated rings. The second kappa shape index (κ2) is 4.62. The maximum absolute atomic E-state index is 10.4. The lowest BCUT2D eigenvalue weighted by Crippen LogP contribution is -2.18. The van der Waals surface area contributed by atoms with Gasteiger partial charge in [-0.1, -0.05) is 24.3 Å². The van der Waals surface area contributed by atoms with E-state index in [4.69, 9.17) is 10.5 Å². The first-order chi connectivity index (χ1) is 6.20. The van der Waals surface area contributed by atoms with Crippen LogP contribution in [0.15, 0.2) is 24.3 Å². The predicted molar refractivity (Wildman–Crippen MR) is 50.0 cm³/mol. The molecule has 0 saturated carbocycles. The van der Waals surface area contributed by atoms with Crippen LogP contribution in [0.5, 0.6) is 0 Å². The number of amides is 1. The number of hydrogen-bond acceptors (Lipinski definition) is 2. The summed E-state index contributed by atoms with van der Waals surface area (Å²) in [4.78, 5) is 10.4. The molecular weight excluding hydrogens is 166 g/mol. The maximum atomic E-state index is 10.4. The number of ether oxygens (including phenoxy) is 1. The van der Waals surface area contributed by atoms with E-state index in [1.165, 1.54) is 0 Å². The molecule has 2 N–H and O–H groups in total. The molecule has 0 radical (unpaired) electrons. The molecule has 1 amide bonds. The van der Waals surface area contributed by atoms with Crippen molar-refractivity contribution in [2.75, 3.05) is 6.61 Å². The Morgan fingerprint density at radius 3 is 2.77 bits per heavy atom. The zero-order valence-corrected chi connectivity index (χ0v) is 7.62. The van der Waals surface area contributed by atoms with Crippen molar-refractivity contribution in [1.29, 1.82) is 0 Å². The van der Waals surface area contributed by atoms with Crippen LogP contribution in [-0.4, -0.2) is 12.5 Å². The van der Waals surface area contributed by atoms with Crippen molar-refractivity contribution in [1.82, 2.24) is 0 Å². The van der Waals surface area contributed by atoms with Crippen molar-refractivity contribution in [3.05, 3.63) is 35.4 Å². The van der Waals surface area contributed by atoms with Crippen LogP contribution in [0.2, 0.25) is 0 Å². The van der Waals surface area contributed by atoms with E-state index in [-0.39, 0.29) is 6.61 Å². The second-order valence-corrected chi connectivity index (χ2v) is 2.89. The molecule has 0 bridgehead atoms. The summed E-state index contributed by atoms with van der Waals surface area (Å²) >= 11 is 0. The third-order valence-electron chi connectivity index (χ3n) is 1.76. The number of primary amides is 1. The van der Waals surface area contributed by atoms with E-state index in [0.29, 0.717) is 6.61 Å². The number of carbonyl (C=O) groups is 1. The highest BCUT2D eigenvalue weighted by atomic mass is 16.5. The quantitative estimate of drug-likeness (QED) is 0.749. The lowest BCUT2D eigenvalue weighted by Gasteiger charge is -2.04. The second-order valence-electron chi connectivity index (χ2n) is 2.89. The van der Waals surface area contributed by atoms with Gasteiger partial charge < -0.3 is 10.5 Å². The van der Waals surface area contributed by atoms with E-state index in [1.54, 1.807) is 0 Å². The van der Waals surface area contributed by atoms with E-state index in [1.807, 2.05) is 31.2 Å². The Hall–Kier alpha value is -1.35. The van der Waals surface area contributed by atoms with Crippen LogP contribution >= 0.6 is 0 Å². The van der Waals surface area contributed by atoms with Gasteiger partial charge in [0.2, 0.25) is 5.91 Å². The Labute approximate surface area is 77.5 Å². The topological polar surface area (TPSA) is 52.3 Å². The first-order valence-corrected chi connectivity index (χ1v) is 4.10. The maximum Gasteiger partial charge on any atom is 0.243 e. The molecule has 0 heterocycles. The molecule has 0 atom stereocenters. The van der Waals surface area contributed by atoms with Crippen LogP contribution in [0.3, 0.4) is 0 Å². The third kappa shape index (κ3) is 3.25. The molecule has 1 aromatic rings. The minimum absolute atomic E-state index is 0.0195. The minimum Gasteiger partial charge on any atom is -0.368 e. The van der Waals surface area contributed by atoms with Crippen LogP contribution < -0.4 is 5.73 Å². The largest absolute Gasteiger partial charge is 0.368 e. The standard InChI is InChI=1S/C10H13NO2/c1-8-4-2-3-5-9(8)6-13-7-10(11)12/h2-5H,6-7H2,1H3,(H2,11,12). The molecule has 0 aromatic heterocycles. The van der Waals surface area contributed by atoms with Gasteiger partial charge >= 0.3 is 0 Å². The van der Waals surface area contributed by atoms with E-state index < -0.39 is 5.91 Å². The molecule has 13 heavy (non-hydrogen) atoms. The smallest absolute Gasteiger partial charge is 0.243 e. The summed E-state index contributed by atoms with van der Waals surface area (Å²) in [5.41, 5.74) is 7.18. The molecule has 1 aromatic carbocycles. The van der Waals surface area contributed by atoms with Gasteiger partial charge in [-0.25, -0.2) is 0 Å². The van der Waals surface area contributed by atoms with E-state index in [2.05, 4.69) is 0 Å². The molecule has 0 aliphatic rings. The highest BCUT2D eigenvalue weighted by molar-refractivity contribution is 5.74. The Balaban J connectivity index is 2.45. The molecule has 3 heteroatoms. The zero-order chi connectivity index (χ0) is 9.68. The number of hydrogen-bond donors (Lipinski definition) is 1. The average molecular weight is 179 g/mol. The summed E-state index contributed by atoms with van der Waals surface area (Å²) in [6, 6.07) is 7.88. The van der Waals surface area contributed by atoms with Crippen LogP contribution in [0, 0.1) is 6.92 Å². The zero-order valence-electron chi connectivity index (χ0n) is 7.62. The number of rotatable bonds is 4. The first-order valence-electron chi connectivity index (χ1n) is 4.10. The van der Waals surface area contributed by atoms with Crippen molar-refractivity contribution in [2.24, 2.45) is 5.73 Å². The highest BCUT2D eigenvalue weighted by Gasteiger charge is 1.98. The van der Waals surface area contributed by atoms with Crippen molar-refractivity contribution in [3.63, 3.8) is 0 Å². The lowest BCUT2D eigenvalue weighted by molar-refractivity contribution is -0.122. The van der Waals surface area contributed by atoms with E-state index in [9.17, 15) is 4.79 Å². The highest BCUT2D eigenvalue weighted by Crippen LogP contribution is 2.07. The Morgan fingerprint density at radius 2 is 2.15 bits per heavy atom. The van der Waals surface area contributed by atoms with Crippen molar-refractivity contribution < 1.29 is 9.53 Å². The number of nitrogens with two attached hydrogens (primary N) is 1. The Morgan fingerprint density at radius 1 is 1.46 bits per heavy atom. The van der Waals surface area contributed by atoms with Gasteiger partial charge in [0, 0.05) is 0 Å². The van der Waals surface area contributed by atoms with Gasteiger partial charge in [0.1, 0.15) is 6.61 Å². The molecule has 0 spiro atoms. The van der Waals surface area contributed by atoms with Crippen LogP contribution in [0.4, 0.5) is 0 Å². The fourth-order valence-corrected chi connectivity index (χ4v) is 1.03. The number of aryl methyl sites for hydroxylation is 1. The summed E-state index contributed by atoms with van der Waals surface area (Å²) in [7, 11) is 0. The molecule has 3 nitrogen and oxygen atoms in total. The summed E-state index contributed by atoms with van der Waals surface area (Å²) in [6.45, 7) is 2.42. The monoisotopic (exact) mass is 179 g/mol. The lowest BCUT2D eigenvalue weighted by atomic mass is 10.1. The Kier molecular flexibility index (Phi) is 3.46. The third-order valence-corrected chi connectivity index (χ3v) is 1.76. The Bertz CT molecular complexity index is 297. The van der Waals surface area contributed by atoms with E-state index in [0.717, 1.165) is 11.1 Å². The minimum atomic E-state index is -0.436. The van der Waals surface area contributed by atoms with Gasteiger partial charge in [0.15, 0.2) is 0 Å². The summed E-state index contributed by atoms with van der Waals surface area (Å²) < 4.78 is 5.09. The number of benzene rings is 1. The molecule has 1 rings (SSSR count). The van der Waals surface area contributed by atoms with Gasteiger partial charge in [-0.05, 0) is 18.1 Å². The average Bonchev–Trinajstić information content (AvgIpc) is 2.08.